The van der Waals surface area contributed by atoms with E-state index in [1.165, 1.54) is 11.1 Å². The zero-order valence-corrected chi connectivity index (χ0v) is 18.1. The van der Waals surface area contributed by atoms with Gasteiger partial charge in [-0.2, -0.15) is 0 Å². The molecule has 1 amide bonds. The van der Waals surface area contributed by atoms with Crippen LogP contribution in [-0.4, -0.2) is 30.3 Å². The van der Waals surface area contributed by atoms with Crippen LogP contribution in [0.5, 0.6) is 0 Å². The van der Waals surface area contributed by atoms with Crippen LogP contribution in [0.15, 0.2) is 66.7 Å². The summed E-state index contributed by atoms with van der Waals surface area (Å²) < 4.78 is 5.18. The molecule has 0 heterocycles. The third-order valence-electron chi connectivity index (χ3n) is 5.20. The highest BCUT2D eigenvalue weighted by molar-refractivity contribution is 6.30. The maximum absolute atomic E-state index is 11.5. The number of alkyl carbamates (subject to hydrolysis) is 1. The Morgan fingerprint density at radius 1 is 0.935 bits per heavy atom. The standard InChI is InChI=1S/C17H15NO4.C8H9Cl/c19-16(20)9-18-17(21)22-10-15-13-7-3-1-5-11(13)12-6-2-4-8-14(12)15;1-6-3-4-8(9)5-7(6)2/h1-8,15H,9-10H2,(H,18,21)(H,19,20);3-5H,1-2H3. The minimum absolute atomic E-state index is 0.0250. The molecule has 0 radical (unpaired) electrons. The number of ether oxygens (including phenoxy) is 1. The first-order valence-corrected chi connectivity index (χ1v) is 10.3. The molecular weight excluding hydrogens is 414 g/mol. The summed E-state index contributed by atoms with van der Waals surface area (Å²) >= 11 is 5.72. The van der Waals surface area contributed by atoms with Crippen molar-refractivity contribution in [3.05, 3.63) is 94.0 Å². The van der Waals surface area contributed by atoms with Gasteiger partial charge in [0.05, 0.1) is 0 Å². The number of halogens is 1. The van der Waals surface area contributed by atoms with Gasteiger partial charge in [0.25, 0.3) is 0 Å². The normalized spacial score (nSPS) is 11.6. The molecule has 2 N–H and O–H groups in total. The van der Waals surface area contributed by atoms with E-state index in [4.69, 9.17) is 21.4 Å². The van der Waals surface area contributed by atoms with Crippen molar-refractivity contribution in [1.82, 2.24) is 5.32 Å². The van der Waals surface area contributed by atoms with Gasteiger partial charge in [0.2, 0.25) is 0 Å². The number of aryl methyl sites for hydroxylation is 2. The SMILES string of the molecule is Cc1ccc(Cl)cc1C.O=C(O)CNC(=O)OCC1c2ccccc2-c2ccccc21. The lowest BCUT2D eigenvalue weighted by molar-refractivity contribution is -0.135. The van der Waals surface area contributed by atoms with Gasteiger partial charge in [0, 0.05) is 10.9 Å². The van der Waals surface area contributed by atoms with Crippen molar-refractivity contribution in [1.29, 1.82) is 0 Å². The Morgan fingerprint density at radius 2 is 1.52 bits per heavy atom. The first-order chi connectivity index (χ1) is 14.9. The van der Waals surface area contributed by atoms with Crippen LogP contribution in [0, 0.1) is 13.8 Å². The number of benzene rings is 3. The zero-order valence-electron chi connectivity index (χ0n) is 17.4. The summed E-state index contributed by atoms with van der Waals surface area (Å²) in [5, 5.41) is 11.5. The number of hydrogen-bond donors (Lipinski definition) is 2. The number of hydrogen-bond acceptors (Lipinski definition) is 3. The molecule has 6 heteroatoms. The second-order valence-electron chi connectivity index (χ2n) is 7.30. The molecule has 31 heavy (non-hydrogen) atoms. The van der Waals surface area contributed by atoms with Crippen LogP contribution in [0.2, 0.25) is 5.02 Å². The largest absolute Gasteiger partial charge is 0.480 e. The summed E-state index contributed by atoms with van der Waals surface area (Å²) in [6.45, 7) is 3.86. The molecule has 0 fully saturated rings. The first kappa shape index (κ1) is 22.4. The highest BCUT2D eigenvalue weighted by Crippen LogP contribution is 2.44. The van der Waals surface area contributed by atoms with Crippen LogP contribution in [0.1, 0.15) is 28.2 Å². The van der Waals surface area contributed by atoms with Gasteiger partial charge in [-0.05, 0) is 59.4 Å². The minimum Gasteiger partial charge on any atom is -0.480 e. The summed E-state index contributed by atoms with van der Waals surface area (Å²) in [6, 6.07) is 22.0. The Kier molecular flexibility index (Phi) is 7.32. The summed E-state index contributed by atoms with van der Waals surface area (Å²) in [5.41, 5.74) is 7.08. The van der Waals surface area contributed by atoms with Crippen molar-refractivity contribution in [2.45, 2.75) is 19.8 Å². The molecule has 160 valence electrons. The Balaban J connectivity index is 0.000000254. The smallest absolute Gasteiger partial charge is 0.407 e. The van der Waals surface area contributed by atoms with Gasteiger partial charge in [-0.1, -0.05) is 66.2 Å². The molecule has 5 nitrogen and oxygen atoms in total. The van der Waals surface area contributed by atoms with Crippen LogP contribution in [0.25, 0.3) is 11.1 Å². The van der Waals surface area contributed by atoms with E-state index in [0.29, 0.717) is 0 Å². The second-order valence-corrected chi connectivity index (χ2v) is 7.74. The summed E-state index contributed by atoms with van der Waals surface area (Å²) in [7, 11) is 0. The molecule has 1 aliphatic rings. The third-order valence-corrected chi connectivity index (χ3v) is 5.43. The van der Waals surface area contributed by atoms with E-state index in [1.54, 1.807) is 0 Å². The van der Waals surface area contributed by atoms with E-state index in [2.05, 4.69) is 31.3 Å². The van der Waals surface area contributed by atoms with E-state index >= 15 is 0 Å². The molecule has 0 aliphatic heterocycles. The lowest BCUT2D eigenvalue weighted by Crippen LogP contribution is -2.30. The van der Waals surface area contributed by atoms with Gasteiger partial charge in [-0.15, -0.1) is 0 Å². The topological polar surface area (TPSA) is 75.6 Å². The fourth-order valence-electron chi connectivity index (χ4n) is 3.50. The molecule has 0 aromatic heterocycles. The zero-order chi connectivity index (χ0) is 22.4. The Hall–Kier alpha value is -3.31. The Bertz CT molecular complexity index is 1050. The highest BCUT2D eigenvalue weighted by Gasteiger charge is 2.28. The number of fused-ring (bicyclic) bond motifs is 3. The van der Waals surface area contributed by atoms with Gasteiger partial charge < -0.3 is 15.2 Å². The van der Waals surface area contributed by atoms with Crippen LogP contribution in [-0.2, 0) is 9.53 Å². The number of aliphatic carboxylic acids is 1. The van der Waals surface area contributed by atoms with E-state index in [9.17, 15) is 9.59 Å². The lowest BCUT2D eigenvalue weighted by atomic mass is 9.98. The van der Waals surface area contributed by atoms with Crippen LogP contribution in [0.4, 0.5) is 4.79 Å². The fourth-order valence-corrected chi connectivity index (χ4v) is 3.73. The summed E-state index contributed by atoms with van der Waals surface area (Å²) in [4.78, 5) is 22.0. The van der Waals surface area contributed by atoms with Gasteiger partial charge in [0.15, 0.2) is 0 Å². The maximum Gasteiger partial charge on any atom is 0.407 e. The van der Waals surface area contributed by atoms with Gasteiger partial charge in [-0.25, -0.2) is 4.79 Å². The van der Waals surface area contributed by atoms with Crippen LogP contribution in [0.3, 0.4) is 0 Å². The molecule has 0 bridgehead atoms. The fraction of sp³-hybridized carbons (Fsp3) is 0.200. The minimum atomic E-state index is -1.10. The molecule has 3 aromatic carbocycles. The van der Waals surface area contributed by atoms with E-state index < -0.39 is 18.6 Å². The molecule has 0 unspecified atom stereocenters. The number of carbonyl (C=O) groups excluding carboxylic acids is 1. The van der Waals surface area contributed by atoms with Gasteiger partial charge in [-0.3, -0.25) is 4.79 Å². The number of carbonyl (C=O) groups is 2. The Morgan fingerprint density at radius 3 is 2.03 bits per heavy atom. The van der Waals surface area contributed by atoms with Crippen molar-refractivity contribution >= 4 is 23.7 Å². The van der Waals surface area contributed by atoms with Crippen molar-refractivity contribution < 1.29 is 19.4 Å². The quantitative estimate of drug-likeness (QED) is 0.559. The Labute approximate surface area is 186 Å². The number of carboxylic acids is 1. The molecular formula is C25H24ClNO4. The summed E-state index contributed by atoms with van der Waals surface area (Å²) in [5.74, 6) is -1.13. The predicted octanol–water partition coefficient (Wildman–Crippen LogP) is 5.57. The van der Waals surface area contributed by atoms with Crippen molar-refractivity contribution in [3.63, 3.8) is 0 Å². The number of carboxylic acid groups (broad SMARTS) is 1. The number of amides is 1. The third kappa shape index (κ3) is 5.64. The molecule has 4 rings (SSSR count). The van der Waals surface area contributed by atoms with Crippen molar-refractivity contribution in [2.75, 3.05) is 13.2 Å². The van der Waals surface area contributed by atoms with E-state index in [0.717, 1.165) is 27.3 Å². The molecule has 0 saturated carbocycles. The number of rotatable bonds is 4. The summed E-state index contributed by atoms with van der Waals surface area (Å²) in [6.07, 6.45) is -0.718. The van der Waals surface area contributed by atoms with Gasteiger partial charge in [0.1, 0.15) is 13.2 Å². The maximum atomic E-state index is 11.5. The predicted molar refractivity (Wildman–Crippen MR) is 122 cm³/mol. The molecule has 1 aliphatic carbocycles. The van der Waals surface area contributed by atoms with Crippen molar-refractivity contribution in [3.8, 4) is 11.1 Å². The average molecular weight is 438 g/mol. The molecule has 0 spiro atoms. The first-order valence-electron chi connectivity index (χ1n) is 9.90. The molecule has 0 atom stereocenters. The second kappa shape index (κ2) is 10.1. The average Bonchev–Trinajstić information content (AvgIpc) is 3.08. The van der Waals surface area contributed by atoms with E-state index in [-0.39, 0.29) is 12.5 Å². The monoisotopic (exact) mass is 437 g/mol. The van der Waals surface area contributed by atoms with Gasteiger partial charge >= 0.3 is 12.1 Å². The van der Waals surface area contributed by atoms with E-state index in [1.807, 2.05) is 54.6 Å². The van der Waals surface area contributed by atoms with Crippen molar-refractivity contribution in [2.24, 2.45) is 0 Å². The lowest BCUT2D eigenvalue weighted by Gasteiger charge is -2.14. The van der Waals surface area contributed by atoms with Crippen LogP contribution >= 0.6 is 11.6 Å². The molecule has 3 aromatic rings. The van der Waals surface area contributed by atoms with Crippen LogP contribution < -0.4 is 5.32 Å². The highest BCUT2D eigenvalue weighted by atomic mass is 35.5. The molecule has 0 saturated heterocycles. The number of nitrogens with one attached hydrogen (secondary N) is 1.